The normalized spacial score (nSPS) is 12.9. The third kappa shape index (κ3) is 4.35. The fraction of sp³-hybridized carbons (Fsp3) is 0.667. The first-order valence-electron chi connectivity index (χ1n) is 5.73. The molecule has 1 aromatic heterocycles. The third-order valence-electron chi connectivity index (χ3n) is 2.19. The van der Waals surface area contributed by atoms with Crippen LogP contribution in [0.15, 0.2) is 16.5 Å². The Balaban J connectivity index is 2.27. The number of furan rings is 1. The zero-order chi connectivity index (χ0) is 11.8. The van der Waals surface area contributed by atoms with Gasteiger partial charge in [-0.1, -0.05) is 6.92 Å². The Morgan fingerprint density at radius 2 is 2.12 bits per heavy atom. The van der Waals surface area contributed by atoms with Gasteiger partial charge >= 0.3 is 0 Å². The van der Waals surface area contributed by atoms with E-state index in [4.69, 9.17) is 19.6 Å². The lowest BCUT2D eigenvalue weighted by atomic mass is 10.3. The van der Waals surface area contributed by atoms with Gasteiger partial charge in [0.1, 0.15) is 17.6 Å². The van der Waals surface area contributed by atoms with E-state index in [-0.39, 0.29) is 6.10 Å². The van der Waals surface area contributed by atoms with Gasteiger partial charge in [0.05, 0.1) is 13.2 Å². The maximum atomic E-state index is 5.63. The van der Waals surface area contributed by atoms with Crippen molar-refractivity contribution in [2.75, 3.05) is 26.4 Å². The van der Waals surface area contributed by atoms with E-state index >= 15 is 0 Å². The van der Waals surface area contributed by atoms with Crippen LogP contribution < -0.4 is 5.73 Å². The van der Waals surface area contributed by atoms with Crippen molar-refractivity contribution in [3.63, 3.8) is 0 Å². The van der Waals surface area contributed by atoms with E-state index in [9.17, 15) is 0 Å². The highest BCUT2D eigenvalue weighted by Gasteiger charge is 2.13. The Morgan fingerprint density at radius 3 is 2.69 bits per heavy atom. The molecular weight excluding hydrogens is 206 g/mol. The SMILES string of the molecule is CCCOCCOC(CN)c1ccc(C)o1. The lowest BCUT2D eigenvalue weighted by Crippen LogP contribution is -2.17. The van der Waals surface area contributed by atoms with E-state index in [1.54, 1.807) is 0 Å². The summed E-state index contributed by atoms with van der Waals surface area (Å²) >= 11 is 0. The first-order chi connectivity index (χ1) is 7.77. The monoisotopic (exact) mass is 227 g/mol. The topological polar surface area (TPSA) is 57.6 Å². The second kappa shape index (κ2) is 7.44. The molecule has 16 heavy (non-hydrogen) atoms. The molecule has 1 aromatic rings. The van der Waals surface area contributed by atoms with E-state index in [1.165, 1.54) is 0 Å². The fourth-order valence-electron chi connectivity index (χ4n) is 1.39. The van der Waals surface area contributed by atoms with Gasteiger partial charge in [-0.3, -0.25) is 0 Å². The molecule has 92 valence electrons. The minimum atomic E-state index is -0.168. The third-order valence-corrected chi connectivity index (χ3v) is 2.19. The highest BCUT2D eigenvalue weighted by Crippen LogP contribution is 2.18. The standard InChI is InChI=1S/C12H21NO3/c1-3-6-14-7-8-15-12(9-13)11-5-4-10(2)16-11/h4-5,12H,3,6-9,13H2,1-2H3. The summed E-state index contributed by atoms with van der Waals surface area (Å²) < 4.78 is 16.4. The van der Waals surface area contributed by atoms with Gasteiger partial charge in [0.25, 0.3) is 0 Å². The molecule has 0 aliphatic rings. The maximum absolute atomic E-state index is 5.63. The molecular formula is C12H21NO3. The van der Waals surface area contributed by atoms with Crippen LogP contribution in [-0.4, -0.2) is 26.4 Å². The molecule has 0 saturated heterocycles. The van der Waals surface area contributed by atoms with Crippen LogP contribution in [0.25, 0.3) is 0 Å². The predicted molar refractivity (Wildman–Crippen MR) is 62.3 cm³/mol. The molecule has 4 heteroatoms. The number of ether oxygens (including phenoxy) is 2. The van der Waals surface area contributed by atoms with Gasteiger partial charge in [0, 0.05) is 13.2 Å². The number of nitrogens with two attached hydrogens (primary N) is 1. The van der Waals surface area contributed by atoms with E-state index in [2.05, 4.69) is 6.92 Å². The summed E-state index contributed by atoms with van der Waals surface area (Å²) in [4.78, 5) is 0. The van der Waals surface area contributed by atoms with E-state index < -0.39 is 0 Å². The molecule has 0 bridgehead atoms. The van der Waals surface area contributed by atoms with Gasteiger partial charge in [-0.15, -0.1) is 0 Å². The van der Waals surface area contributed by atoms with Crippen molar-refractivity contribution >= 4 is 0 Å². The smallest absolute Gasteiger partial charge is 0.134 e. The maximum Gasteiger partial charge on any atom is 0.134 e. The van der Waals surface area contributed by atoms with Gasteiger partial charge in [-0.2, -0.15) is 0 Å². The molecule has 1 unspecified atom stereocenters. The van der Waals surface area contributed by atoms with Gasteiger partial charge in [-0.05, 0) is 25.5 Å². The molecule has 0 aliphatic heterocycles. The lowest BCUT2D eigenvalue weighted by Gasteiger charge is -2.13. The Hall–Kier alpha value is -0.840. The van der Waals surface area contributed by atoms with Gasteiger partial charge in [-0.25, -0.2) is 0 Å². The molecule has 0 aliphatic carbocycles. The van der Waals surface area contributed by atoms with Crippen LogP contribution in [0.5, 0.6) is 0 Å². The van der Waals surface area contributed by atoms with Crippen LogP contribution >= 0.6 is 0 Å². The molecule has 1 rings (SSSR count). The Kier molecular flexibility index (Phi) is 6.15. The molecule has 2 N–H and O–H groups in total. The van der Waals surface area contributed by atoms with Crippen molar-refractivity contribution < 1.29 is 13.9 Å². The van der Waals surface area contributed by atoms with Crippen LogP contribution in [0.4, 0.5) is 0 Å². The van der Waals surface area contributed by atoms with Crippen LogP contribution in [0.3, 0.4) is 0 Å². The molecule has 0 spiro atoms. The summed E-state index contributed by atoms with van der Waals surface area (Å²) in [6, 6.07) is 3.81. The van der Waals surface area contributed by atoms with E-state index in [0.717, 1.165) is 24.5 Å². The van der Waals surface area contributed by atoms with Crippen molar-refractivity contribution in [2.24, 2.45) is 5.73 Å². The van der Waals surface area contributed by atoms with Crippen LogP contribution in [-0.2, 0) is 9.47 Å². The number of hydrogen-bond donors (Lipinski definition) is 1. The average Bonchev–Trinajstić information content (AvgIpc) is 2.70. The Bertz CT molecular complexity index is 286. The van der Waals surface area contributed by atoms with Crippen molar-refractivity contribution in [1.82, 2.24) is 0 Å². The van der Waals surface area contributed by atoms with Gasteiger partial charge in [0.2, 0.25) is 0 Å². The van der Waals surface area contributed by atoms with Crippen molar-refractivity contribution in [1.29, 1.82) is 0 Å². The lowest BCUT2D eigenvalue weighted by molar-refractivity contribution is -0.00110. The van der Waals surface area contributed by atoms with Gasteiger partial charge in [0.15, 0.2) is 0 Å². The predicted octanol–water partition coefficient (Wildman–Crippen LogP) is 2.03. The summed E-state index contributed by atoms with van der Waals surface area (Å²) in [6.45, 7) is 6.32. The largest absolute Gasteiger partial charge is 0.464 e. The molecule has 1 heterocycles. The molecule has 4 nitrogen and oxygen atoms in total. The minimum absolute atomic E-state index is 0.168. The number of rotatable bonds is 8. The quantitative estimate of drug-likeness (QED) is 0.690. The highest BCUT2D eigenvalue weighted by molar-refractivity contribution is 5.08. The molecule has 0 fully saturated rings. The Morgan fingerprint density at radius 1 is 1.31 bits per heavy atom. The zero-order valence-corrected chi connectivity index (χ0v) is 10.1. The molecule has 0 aromatic carbocycles. The van der Waals surface area contributed by atoms with E-state index in [0.29, 0.717) is 19.8 Å². The number of aryl methyl sites for hydroxylation is 1. The summed E-state index contributed by atoms with van der Waals surface area (Å²) in [5, 5.41) is 0. The van der Waals surface area contributed by atoms with Crippen LogP contribution in [0.1, 0.15) is 31.0 Å². The molecule has 0 amide bonds. The second-order valence-corrected chi connectivity index (χ2v) is 3.66. The molecule has 0 radical (unpaired) electrons. The van der Waals surface area contributed by atoms with Crippen LogP contribution in [0.2, 0.25) is 0 Å². The summed E-state index contributed by atoms with van der Waals surface area (Å²) in [5.41, 5.74) is 5.63. The van der Waals surface area contributed by atoms with Crippen molar-refractivity contribution in [3.05, 3.63) is 23.7 Å². The molecule has 0 saturated carbocycles. The van der Waals surface area contributed by atoms with Gasteiger partial charge < -0.3 is 19.6 Å². The van der Waals surface area contributed by atoms with E-state index in [1.807, 2.05) is 19.1 Å². The zero-order valence-electron chi connectivity index (χ0n) is 10.1. The first kappa shape index (κ1) is 13.2. The number of hydrogen-bond acceptors (Lipinski definition) is 4. The minimum Gasteiger partial charge on any atom is -0.464 e. The Labute approximate surface area is 96.7 Å². The van der Waals surface area contributed by atoms with Crippen LogP contribution in [0, 0.1) is 6.92 Å². The van der Waals surface area contributed by atoms with Crippen molar-refractivity contribution in [3.8, 4) is 0 Å². The first-order valence-corrected chi connectivity index (χ1v) is 5.73. The fourth-order valence-corrected chi connectivity index (χ4v) is 1.39. The average molecular weight is 227 g/mol. The highest BCUT2D eigenvalue weighted by atomic mass is 16.5. The summed E-state index contributed by atoms with van der Waals surface area (Å²) in [6.07, 6.45) is 0.858. The summed E-state index contributed by atoms with van der Waals surface area (Å²) in [5.74, 6) is 1.66. The second-order valence-electron chi connectivity index (χ2n) is 3.66. The summed E-state index contributed by atoms with van der Waals surface area (Å²) in [7, 11) is 0. The molecule has 1 atom stereocenters. The van der Waals surface area contributed by atoms with Crippen molar-refractivity contribution in [2.45, 2.75) is 26.4 Å².